The van der Waals surface area contributed by atoms with Gasteiger partial charge in [-0.1, -0.05) is 60.7 Å². The molecule has 0 aliphatic rings. The summed E-state index contributed by atoms with van der Waals surface area (Å²) in [5.41, 5.74) is 3.74. The number of hydrogen-bond acceptors (Lipinski definition) is 4. The number of aromatic nitrogens is 2. The van der Waals surface area contributed by atoms with E-state index in [1.807, 2.05) is 104 Å². The highest BCUT2D eigenvalue weighted by Gasteiger charge is 2.28. The van der Waals surface area contributed by atoms with Crippen molar-refractivity contribution in [2.45, 2.75) is 26.3 Å². The first-order chi connectivity index (χ1) is 19.0. The van der Waals surface area contributed by atoms with Crippen molar-refractivity contribution in [2.24, 2.45) is 0 Å². The number of carbonyl (C=O) groups is 1. The Balaban J connectivity index is 1.66. The predicted molar refractivity (Wildman–Crippen MR) is 155 cm³/mol. The van der Waals surface area contributed by atoms with Crippen molar-refractivity contribution in [3.05, 3.63) is 136 Å². The first-order valence-corrected chi connectivity index (χ1v) is 13.0. The summed E-state index contributed by atoms with van der Waals surface area (Å²) in [7, 11) is 1.61. The molecule has 0 aliphatic carbocycles. The van der Waals surface area contributed by atoms with Gasteiger partial charge in [0.1, 0.15) is 11.6 Å². The second-order valence-electron chi connectivity index (χ2n) is 9.55. The van der Waals surface area contributed by atoms with E-state index < -0.39 is 6.04 Å². The maximum absolute atomic E-state index is 14.1. The van der Waals surface area contributed by atoms with Gasteiger partial charge in [0.25, 0.3) is 11.5 Å². The van der Waals surface area contributed by atoms with E-state index >= 15 is 0 Å². The zero-order valence-electron chi connectivity index (χ0n) is 22.4. The lowest BCUT2D eigenvalue weighted by atomic mass is 10.0. The fourth-order valence-corrected chi connectivity index (χ4v) is 4.88. The Hall–Kier alpha value is -4.71. The Morgan fingerprint density at radius 2 is 1.56 bits per heavy atom. The Morgan fingerprint density at radius 1 is 0.897 bits per heavy atom. The quantitative estimate of drug-likeness (QED) is 0.248. The van der Waals surface area contributed by atoms with E-state index in [9.17, 15) is 9.59 Å². The lowest BCUT2D eigenvalue weighted by molar-refractivity contribution is 0.0683. The molecule has 0 bridgehead atoms. The molecule has 0 spiro atoms. The Labute approximate surface area is 228 Å². The minimum absolute atomic E-state index is 0.0970. The van der Waals surface area contributed by atoms with Gasteiger partial charge in [-0.15, -0.1) is 0 Å². The fourth-order valence-electron chi connectivity index (χ4n) is 4.88. The number of fused-ring (bicyclic) bond motifs is 1. The highest BCUT2D eigenvalue weighted by Crippen LogP contribution is 2.26. The lowest BCUT2D eigenvalue weighted by Crippen LogP contribution is -2.39. The van der Waals surface area contributed by atoms with Crippen molar-refractivity contribution in [2.75, 3.05) is 13.7 Å². The Morgan fingerprint density at radius 3 is 2.28 bits per heavy atom. The molecule has 1 amide bonds. The van der Waals surface area contributed by atoms with Crippen molar-refractivity contribution < 1.29 is 9.53 Å². The van der Waals surface area contributed by atoms with Crippen LogP contribution in [-0.4, -0.2) is 34.0 Å². The molecule has 0 fully saturated rings. The van der Waals surface area contributed by atoms with Crippen LogP contribution in [0, 0.1) is 6.92 Å². The van der Waals surface area contributed by atoms with E-state index in [0.29, 0.717) is 46.7 Å². The van der Waals surface area contributed by atoms with E-state index in [1.54, 1.807) is 17.7 Å². The molecule has 0 saturated carbocycles. The number of hydrogen-bond donors (Lipinski definition) is 0. The molecule has 0 radical (unpaired) electrons. The third-order valence-corrected chi connectivity index (χ3v) is 7.09. The second kappa shape index (κ2) is 11.4. The van der Waals surface area contributed by atoms with Gasteiger partial charge in [0.2, 0.25) is 0 Å². The van der Waals surface area contributed by atoms with Crippen molar-refractivity contribution in [1.82, 2.24) is 14.5 Å². The number of para-hydroxylation sites is 1. The third kappa shape index (κ3) is 5.32. The number of ether oxygens (including phenoxy) is 1. The van der Waals surface area contributed by atoms with Crippen LogP contribution in [0.3, 0.4) is 0 Å². The summed E-state index contributed by atoms with van der Waals surface area (Å²) >= 11 is 0. The van der Waals surface area contributed by atoms with Crippen LogP contribution in [-0.2, 0) is 6.42 Å². The predicted octanol–water partition coefficient (Wildman–Crippen LogP) is 6.15. The van der Waals surface area contributed by atoms with Crippen LogP contribution in [0.4, 0.5) is 0 Å². The minimum atomic E-state index is -0.500. The van der Waals surface area contributed by atoms with Crippen molar-refractivity contribution in [3.8, 4) is 11.4 Å². The van der Waals surface area contributed by atoms with Crippen LogP contribution in [0.25, 0.3) is 16.6 Å². The summed E-state index contributed by atoms with van der Waals surface area (Å²) in [4.78, 5) is 34.8. The summed E-state index contributed by atoms with van der Waals surface area (Å²) in [6.45, 7) is 4.34. The molecular formula is C33H31N3O3. The molecule has 1 heterocycles. The molecule has 6 heteroatoms. The average Bonchev–Trinajstić information content (AvgIpc) is 2.98. The molecule has 0 saturated heterocycles. The molecule has 6 nitrogen and oxygen atoms in total. The molecule has 5 aromatic rings. The summed E-state index contributed by atoms with van der Waals surface area (Å²) in [6.07, 6.45) is 0.670. The normalized spacial score (nSPS) is 11.8. The van der Waals surface area contributed by atoms with Crippen LogP contribution < -0.4 is 10.3 Å². The molecule has 1 atom stereocenters. The summed E-state index contributed by atoms with van der Waals surface area (Å²) in [5.74, 6) is 1.09. The Kier molecular flexibility index (Phi) is 7.55. The molecule has 196 valence electrons. The molecule has 0 aliphatic heterocycles. The zero-order valence-corrected chi connectivity index (χ0v) is 22.4. The van der Waals surface area contributed by atoms with Gasteiger partial charge < -0.3 is 9.64 Å². The van der Waals surface area contributed by atoms with Gasteiger partial charge in [0.15, 0.2) is 0 Å². The molecule has 5 rings (SSSR count). The van der Waals surface area contributed by atoms with E-state index in [2.05, 4.69) is 12.1 Å². The van der Waals surface area contributed by atoms with Gasteiger partial charge in [-0.2, -0.15) is 0 Å². The monoisotopic (exact) mass is 517 g/mol. The average molecular weight is 518 g/mol. The van der Waals surface area contributed by atoms with Gasteiger partial charge in [-0.25, -0.2) is 4.98 Å². The highest BCUT2D eigenvalue weighted by atomic mass is 16.5. The van der Waals surface area contributed by atoms with Gasteiger partial charge in [-0.3, -0.25) is 14.2 Å². The van der Waals surface area contributed by atoms with Crippen LogP contribution in [0.2, 0.25) is 0 Å². The number of benzene rings is 4. The maximum Gasteiger partial charge on any atom is 0.266 e. The smallest absolute Gasteiger partial charge is 0.266 e. The lowest BCUT2D eigenvalue weighted by Gasteiger charge is -2.31. The van der Waals surface area contributed by atoms with Gasteiger partial charge in [0.05, 0.1) is 29.7 Å². The maximum atomic E-state index is 14.1. The van der Waals surface area contributed by atoms with Gasteiger partial charge >= 0.3 is 0 Å². The van der Waals surface area contributed by atoms with E-state index in [0.717, 1.165) is 11.1 Å². The highest BCUT2D eigenvalue weighted by molar-refractivity contribution is 5.96. The number of amides is 1. The number of methoxy groups -OCH3 is 1. The first-order valence-electron chi connectivity index (χ1n) is 13.0. The molecule has 39 heavy (non-hydrogen) atoms. The first kappa shape index (κ1) is 25.9. The van der Waals surface area contributed by atoms with Crippen LogP contribution in [0.5, 0.6) is 5.75 Å². The molecule has 4 aromatic carbocycles. The van der Waals surface area contributed by atoms with E-state index in [1.165, 1.54) is 0 Å². The second-order valence-corrected chi connectivity index (χ2v) is 9.55. The molecule has 1 aromatic heterocycles. The van der Waals surface area contributed by atoms with Crippen LogP contribution >= 0.6 is 0 Å². The zero-order chi connectivity index (χ0) is 27.4. The van der Waals surface area contributed by atoms with Gasteiger partial charge in [-0.05, 0) is 73.9 Å². The number of aryl methyl sites for hydroxylation is 1. The van der Waals surface area contributed by atoms with Crippen LogP contribution in [0.15, 0.2) is 108 Å². The number of carbonyl (C=O) groups excluding carboxylic acids is 1. The SMILES string of the molecule is COc1ccc(-n2c(C(C)N(CCc3ccccc3)C(=O)c3ccccc3C)nc3ccccc3c2=O)cc1. The van der Waals surface area contributed by atoms with Crippen molar-refractivity contribution >= 4 is 16.8 Å². The molecular weight excluding hydrogens is 486 g/mol. The summed E-state index contributed by atoms with van der Waals surface area (Å²) in [6, 6.07) is 31.8. The standard InChI is InChI=1S/C33H31N3O3/c1-23-11-7-8-14-28(23)32(37)35(22-21-25-12-5-4-6-13-25)24(2)31-34-30-16-10-9-15-29(30)33(38)36(31)26-17-19-27(39-3)20-18-26/h4-20,24H,21-22H2,1-3H3. The van der Waals surface area contributed by atoms with E-state index in [-0.39, 0.29) is 11.5 Å². The molecule has 1 unspecified atom stereocenters. The summed E-state index contributed by atoms with van der Waals surface area (Å²) < 4.78 is 6.95. The largest absolute Gasteiger partial charge is 0.497 e. The van der Waals surface area contributed by atoms with Gasteiger partial charge in [0, 0.05) is 12.1 Å². The summed E-state index contributed by atoms with van der Waals surface area (Å²) in [5, 5.41) is 0.519. The third-order valence-electron chi connectivity index (χ3n) is 7.09. The number of rotatable bonds is 8. The molecule has 0 N–H and O–H groups in total. The van der Waals surface area contributed by atoms with E-state index in [4.69, 9.17) is 9.72 Å². The van der Waals surface area contributed by atoms with Crippen molar-refractivity contribution in [1.29, 1.82) is 0 Å². The number of nitrogens with zero attached hydrogens (tertiary/aromatic N) is 3. The van der Waals surface area contributed by atoms with Crippen molar-refractivity contribution in [3.63, 3.8) is 0 Å². The Bertz CT molecular complexity index is 1660. The topological polar surface area (TPSA) is 64.4 Å². The fraction of sp³-hybridized carbons (Fsp3) is 0.182. The van der Waals surface area contributed by atoms with Crippen LogP contribution in [0.1, 0.15) is 40.3 Å². The minimum Gasteiger partial charge on any atom is -0.497 e.